The maximum Gasteiger partial charge on any atom is 0.254 e. The molecule has 1 fully saturated rings. The van der Waals surface area contributed by atoms with E-state index in [0.29, 0.717) is 35.9 Å². The summed E-state index contributed by atoms with van der Waals surface area (Å²) in [5.74, 6) is -0.729. The van der Waals surface area contributed by atoms with Gasteiger partial charge in [-0.3, -0.25) is 9.59 Å². The lowest BCUT2D eigenvalue weighted by Gasteiger charge is -2.16. The van der Waals surface area contributed by atoms with Gasteiger partial charge in [-0.05, 0) is 25.5 Å². The molecule has 96 valence electrons. The van der Waals surface area contributed by atoms with Gasteiger partial charge in [-0.25, -0.2) is 4.98 Å². The van der Waals surface area contributed by atoms with Gasteiger partial charge in [0.1, 0.15) is 5.15 Å². The van der Waals surface area contributed by atoms with Gasteiger partial charge in [0.2, 0.25) is 5.91 Å². The van der Waals surface area contributed by atoms with Crippen LogP contribution in [0.2, 0.25) is 5.15 Å². The van der Waals surface area contributed by atoms with E-state index in [1.165, 1.54) is 6.07 Å². The normalized spacial score (nSPS) is 19.0. The highest BCUT2D eigenvalue weighted by Gasteiger charge is 2.30. The first-order chi connectivity index (χ1) is 8.47. The summed E-state index contributed by atoms with van der Waals surface area (Å²) in [5, 5.41) is 0.295. The maximum atomic E-state index is 12.2. The zero-order valence-electron chi connectivity index (χ0n) is 10.0. The summed E-state index contributed by atoms with van der Waals surface area (Å²) in [7, 11) is 0. The Morgan fingerprint density at radius 3 is 2.78 bits per heavy atom. The number of amides is 2. The fraction of sp³-hybridized carbons (Fsp3) is 0.417. The third-order valence-corrected chi connectivity index (χ3v) is 3.24. The quantitative estimate of drug-likeness (QED) is 0.812. The molecular weight excluding hydrogens is 254 g/mol. The van der Waals surface area contributed by atoms with Gasteiger partial charge in [-0.2, -0.15) is 0 Å². The van der Waals surface area contributed by atoms with E-state index >= 15 is 0 Å². The number of hydrogen-bond donors (Lipinski definition) is 1. The standard InChI is InChI=1S/C12H14ClN3O2/c1-7-4-9(5-10(13)15-7)12(18)16-3-2-8(6-16)11(14)17/h4-5,8H,2-3,6H2,1H3,(H2,14,17). The second kappa shape index (κ2) is 4.94. The number of primary amides is 1. The average molecular weight is 268 g/mol. The van der Waals surface area contributed by atoms with Crippen LogP contribution in [0.5, 0.6) is 0 Å². The molecule has 1 aliphatic heterocycles. The number of carbonyl (C=O) groups excluding carboxylic acids is 2. The molecule has 2 amide bonds. The van der Waals surface area contributed by atoms with Crippen molar-refractivity contribution in [1.82, 2.24) is 9.88 Å². The predicted molar refractivity (Wildman–Crippen MR) is 67.2 cm³/mol. The molecule has 0 bridgehead atoms. The topological polar surface area (TPSA) is 76.3 Å². The summed E-state index contributed by atoms with van der Waals surface area (Å²) in [6.45, 7) is 2.71. The van der Waals surface area contributed by atoms with E-state index in [-0.39, 0.29) is 17.7 Å². The third kappa shape index (κ3) is 2.61. The van der Waals surface area contributed by atoms with Crippen LogP contribution in [0.4, 0.5) is 0 Å². The van der Waals surface area contributed by atoms with Crippen molar-refractivity contribution < 1.29 is 9.59 Å². The van der Waals surface area contributed by atoms with Gasteiger partial charge < -0.3 is 10.6 Å². The monoisotopic (exact) mass is 267 g/mol. The first-order valence-corrected chi connectivity index (χ1v) is 6.08. The first-order valence-electron chi connectivity index (χ1n) is 5.70. The van der Waals surface area contributed by atoms with Crippen LogP contribution in [-0.2, 0) is 4.79 Å². The largest absolute Gasteiger partial charge is 0.369 e. The van der Waals surface area contributed by atoms with Crippen molar-refractivity contribution >= 4 is 23.4 Å². The predicted octanol–water partition coefficient (Wildman–Crippen LogP) is 0.991. The van der Waals surface area contributed by atoms with E-state index in [9.17, 15) is 9.59 Å². The highest BCUT2D eigenvalue weighted by molar-refractivity contribution is 6.29. The molecule has 6 heteroatoms. The Morgan fingerprint density at radius 2 is 2.22 bits per heavy atom. The lowest BCUT2D eigenvalue weighted by Crippen LogP contribution is -2.31. The molecule has 2 N–H and O–H groups in total. The molecule has 0 saturated carbocycles. The number of rotatable bonds is 2. The van der Waals surface area contributed by atoms with Gasteiger partial charge in [0.15, 0.2) is 0 Å². The van der Waals surface area contributed by atoms with E-state index in [0.717, 1.165) is 0 Å². The Balaban J connectivity index is 2.15. The van der Waals surface area contributed by atoms with Gasteiger partial charge in [-0.1, -0.05) is 11.6 Å². The molecule has 0 aromatic carbocycles. The number of carbonyl (C=O) groups is 2. The molecular formula is C12H14ClN3O2. The van der Waals surface area contributed by atoms with Crippen LogP contribution in [-0.4, -0.2) is 34.8 Å². The number of nitrogens with zero attached hydrogens (tertiary/aromatic N) is 2. The number of likely N-dealkylation sites (tertiary alicyclic amines) is 1. The van der Waals surface area contributed by atoms with Crippen molar-refractivity contribution in [2.75, 3.05) is 13.1 Å². The molecule has 1 atom stereocenters. The van der Waals surface area contributed by atoms with E-state index in [1.54, 1.807) is 17.9 Å². The van der Waals surface area contributed by atoms with Gasteiger partial charge >= 0.3 is 0 Å². The summed E-state index contributed by atoms with van der Waals surface area (Å²) in [6, 6.07) is 3.22. The van der Waals surface area contributed by atoms with Gasteiger partial charge in [-0.15, -0.1) is 0 Å². The third-order valence-electron chi connectivity index (χ3n) is 3.05. The minimum Gasteiger partial charge on any atom is -0.369 e. The Hall–Kier alpha value is -1.62. The average Bonchev–Trinajstić information content (AvgIpc) is 2.75. The zero-order valence-corrected chi connectivity index (χ0v) is 10.8. The molecule has 1 aromatic heterocycles. The zero-order chi connectivity index (χ0) is 13.3. The Kier molecular flexibility index (Phi) is 3.52. The molecule has 0 radical (unpaired) electrons. The number of nitrogens with two attached hydrogens (primary N) is 1. The van der Waals surface area contributed by atoms with Crippen LogP contribution in [0.15, 0.2) is 12.1 Å². The van der Waals surface area contributed by atoms with Crippen molar-refractivity contribution in [2.45, 2.75) is 13.3 Å². The number of halogens is 1. The molecule has 0 spiro atoms. The highest BCUT2D eigenvalue weighted by atomic mass is 35.5. The number of hydrogen-bond acceptors (Lipinski definition) is 3. The Morgan fingerprint density at radius 1 is 1.50 bits per heavy atom. The summed E-state index contributed by atoms with van der Waals surface area (Å²) in [6.07, 6.45) is 0.624. The summed E-state index contributed by atoms with van der Waals surface area (Å²) < 4.78 is 0. The number of pyridine rings is 1. The van der Waals surface area contributed by atoms with Gasteiger partial charge in [0.25, 0.3) is 5.91 Å². The number of aryl methyl sites for hydroxylation is 1. The lowest BCUT2D eigenvalue weighted by molar-refractivity contribution is -0.121. The fourth-order valence-electron chi connectivity index (χ4n) is 2.11. The van der Waals surface area contributed by atoms with Crippen molar-refractivity contribution in [1.29, 1.82) is 0 Å². The SMILES string of the molecule is Cc1cc(C(=O)N2CCC(C(N)=O)C2)cc(Cl)n1. The lowest BCUT2D eigenvalue weighted by atomic mass is 10.1. The summed E-state index contributed by atoms with van der Waals surface area (Å²) >= 11 is 5.82. The fourth-order valence-corrected chi connectivity index (χ4v) is 2.36. The molecule has 1 aromatic rings. The molecule has 1 unspecified atom stereocenters. The molecule has 1 aliphatic rings. The van der Waals surface area contributed by atoms with E-state index in [2.05, 4.69) is 4.98 Å². The van der Waals surface area contributed by atoms with Gasteiger partial charge in [0, 0.05) is 24.3 Å². The minimum atomic E-state index is -0.353. The van der Waals surface area contributed by atoms with Crippen molar-refractivity contribution in [3.63, 3.8) is 0 Å². The van der Waals surface area contributed by atoms with E-state index in [1.807, 2.05) is 0 Å². The summed E-state index contributed by atoms with van der Waals surface area (Å²) in [5.41, 5.74) is 6.43. The molecule has 1 saturated heterocycles. The summed E-state index contributed by atoms with van der Waals surface area (Å²) in [4.78, 5) is 28.9. The van der Waals surface area contributed by atoms with Crippen LogP contribution in [0.3, 0.4) is 0 Å². The highest BCUT2D eigenvalue weighted by Crippen LogP contribution is 2.19. The van der Waals surface area contributed by atoms with Crippen molar-refractivity contribution in [3.05, 3.63) is 28.5 Å². The van der Waals surface area contributed by atoms with Crippen LogP contribution in [0.25, 0.3) is 0 Å². The molecule has 2 heterocycles. The van der Waals surface area contributed by atoms with Crippen molar-refractivity contribution in [3.8, 4) is 0 Å². The molecule has 18 heavy (non-hydrogen) atoms. The molecule has 5 nitrogen and oxygen atoms in total. The number of aromatic nitrogens is 1. The first kappa shape index (κ1) is 12.8. The van der Waals surface area contributed by atoms with E-state index in [4.69, 9.17) is 17.3 Å². The van der Waals surface area contributed by atoms with Crippen LogP contribution in [0, 0.1) is 12.8 Å². The van der Waals surface area contributed by atoms with Crippen LogP contribution < -0.4 is 5.73 Å². The minimum absolute atomic E-state index is 0.133. The van der Waals surface area contributed by atoms with Crippen LogP contribution in [0.1, 0.15) is 22.5 Å². The second-order valence-corrected chi connectivity index (χ2v) is 4.85. The maximum absolute atomic E-state index is 12.2. The Labute approximate surface area is 110 Å². The Bertz CT molecular complexity index is 484. The molecule has 2 rings (SSSR count). The van der Waals surface area contributed by atoms with E-state index < -0.39 is 0 Å². The van der Waals surface area contributed by atoms with Gasteiger partial charge in [0.05, 0.1) is 5.92 Å². The van der Waals surface area contributed by atoms with Crippen LogP contribution >= 0.6 is 11.6 Å². The molecule has 0 aliphatic carbocycles. The second-order valence-electron chi connectivity index (χ2n) is 4.46. The smallest absolute Gasteiger partial charge is 0.254 e. The van der Waals surface area contributed by atoms with Crippen molar-refractivity contribution in [2.24, 2.45) is 11.7 Å².